The monoisotopic (exact) mass is 864 g/mol. The molecule has 1 aromatic heterocycles. The van der Waals surface area contributed by atoms with Crippen LogP contribution in [0.1, 0.15) is 190 Å². The summed E-state index contributed by atoms with van der Waals surface area (Å²) in [5.41, 5.74) is 3.72. The van der Waals surface area contributed by atoms with Crippen molar-refractivity contribution < 1.29 is 9.47 Å². The molecule has 1 heterocycles. The third-order valence-electron chi connectivity index (χ3n) is 10.0. The van der Waals surface area contributed by atoms with Gasteiger partial charge in [-0.3, -0.25) is 0 Å². The minimum atomic E-state index is 0.777. The van der Waals surface area contributed by atoms with E-state index in [1.54, 1.807) is 0 Å². The van der Waals surface area contributed by atoms with Crippen molar-refractivity contribution in [3.05, 3.63) is 83.2 Å². The zero-order valence-corrected chi connectivity index (χ0v) is 37.0. The maximum Gasteiger partial charge on any atom is 0.119 e. The number of hydrogen-bond acceptors (Lipinski definition) is 4. The Hall–Kier alpha value is -2.44. The van der Waals surface area contributed by atoms with Crippen LogP contribution >= 0.6 is 31.9 Å². The lowest BCUT2D eigenvalue weighted by Crippen LogP contribution is -1.97. The van der Waals surface area contributed by atoms with Gasteiger partial charge in [0.2, 0.25) is 0 Å². The van der Waals surface area contributed by atoms with Crippen LogP contribution in [0.25, 0.3) is 21.1 Å². The largest absolute Gasteiger partial charge is 0.494 e. The highest BCUT2D eigenvalue weighted by atomic mass is 79.9. The summed E-state index contributed by atoms with van der Waals surface area (Å²) in [6.45, 7) is 6.12. The predicted molar refractivity (Wildman–Crippen MR) is 242 cm³/mol. The molecule has 6 heteroatoms. The number of benzene rings is 2. The van der Waals surface area contributed by atoms with Gasteiger partial charge in [-0.05, 0) is 72.5 Å². The lowest BCUT2D eigenvalue weighted by atomic mass is 10.1. The van der Waals surface area contributed by atoms with E-state index in [4.69, 9.17) is 9.47 Å². The third-order valence-corrected chi connectivity index (χ3v) is 11.4. The molecule has 0 aliphatic carbocycles. The molecule has 0 aliphatic rings. The zero-order chi connectivity index (χ0) is 38.3. The summed E-state index contributed by atoms with van der Waals surface area (Å²) < 4.78 is 13.9. The van der Waals surface area contributed by atoms with E-state index in [1.807, 2.05) is 48.6 Å². The Kier molecular flexibility index (Phi) is 26.2. The van der Waals surface area contributed by atoms with Crippen molar-refractivity contribution in [3.8, 4) is 11.5 Å². The second-order valence-corrected chi connectivity index (χ2v) is 16.6. The van der Waals surface area contributed by atoms with Gasteiger partial charge in [-0.1, -0.05) is 211 Å². The molecule has 298 valence electrons. The number of hydrogen-bond donors (Lipinski definition) is 0. The number of halogens is 2. The second-order valence-electron chi connectivity index (χ2n) is 14.9. The van der Waals surface area contributed by atoms with Crippen LogP contribution in [0, 0.1) is 0 Å². The second kappa shape index (κ2) is 30.7. The molecule has 0 aliphatic heterocycles. The van der Waals surface area contributed by atoms with E-state index in [2.05, 4.69) is 80.2 Å². The van der Waals surface area contributed by atoms with Crippen LogP contribution in [0.2, 0.25) is 0 Å². The Morgan fingerprint density at radius 1 is 0.407 bits per heavy atom. The molecule has 0 spiro atoms. The van der Waals surface area contributed by atoms with Gasteiger partial charge in [-0.25, -0.2) is 0 Å². The van der Waals surface area contributed by atoms with E-state index >= 15 is 0 Å². The highest BCUT2D eigenvalue weighted by molar-refractivity contribution is 9.15. The van der Waals surface area contributed by atoms with E-state index in [1.165, 1.54) is 141 Å². The Morgan fingerprint density at radius 3 is 0.963 bits per heavy atom. The van der Waals surface area contributed by atoms with E-state index < -0.39 is 0 Å². The molecule has 0 unspecified atom stereocenters. The molecule has 0 atom stereocenters. The zero-order valence-electron chi connectivity index (χ0n) is 33.8. The number of aromatic nitrogens is 2. The molecular weight excluding hydrogens is 796 g/mol. The summed E-state index contributed by atoms with van der Waals surface area (Å²) in [7, 11) is 0. The topological polar surface area (TPSA) is 44.2 Å². The van der Waals surface area contributed by atoms with E-state index in [0.29, 0.717) is 0 Å². The van der Waals surface area contributed by atoms with Crippen molar-refractivity contribution in [2.45, 2.75) is 168 Å². The van der Waals surface area contributed by atoms with Gasteiger partial charge in [0.1, 0.15) is 11.5 Å². The number of nitrogens with zero attached hydrogens (tertiary/aromatic N) is 2. The lowest BCUT2D eigenvalue weighted by Gasteiger charge is -2.08. The first-order chi connectivity index (χ1) is 26.6. The molecule has 3 aromatic rings. The molecule has 0 saturated heterocycles. The lowest BCUT2D eigenvalue weighted by molar-refractivity contribution is 0.304. The van der Waals surface area contributed by atoms with Crippen LogP contribution < -0.4 is 9.47 Å². The van der Waals surface area contributed by atoms with Crippen LogP contribution in [-0.4, -0.2) is 23.4 Å². The van der Waals surface area contributed by atoms with E-state index in [0.717, 1.165) is 69.0 Å². The van der Waals surface area contributed by atoms with Crippen molar-refractivity contribution in [2.24, 2.45) is 0 Å². The standard InChI is InChI=1S/C48H70Br2N2O2/c1-3-5-7-9-11-13-15-17-19-21-23-25-37-53-45-33-27-41(28-34-45)47(49)39-43-31-32-44(52-51-43)40-48(50)42-29-35-46(36-30-42)54-38-26-24-22-20-18-16-14-12-10-8-6-4-2/h27-36,39-40H,3-26,37-38H2,1-2H3/b47-39-,48-40-. The van der Waals surface area contributed by atoms with Gasteiger partial charge in [-0.15, -0.1) is 0 Å². The van der Waals surface area contributed by atoms with Crippen molar-refractivity contribution in [1.29, 1.82) is 0 Å². The molecule has 0 amide bonds. The average molecular weight is 867 g/mol. The van der Waals surface area contributed by atoms with Crippen LogP contribution in [0.5, 0.6) is 11.5 Å². The molecule has 2 aromatic carbocycles. The van der Waals surface area contributed by atoms with Crippen LogP contribution in [0.3, 0.4) is 0 Å². The Balaban J connectivity index is 1.28. The Bertz CT molecular complexity index is 1300. The molecule has 0 radical (unpaired) electrons. The van der Waals surface area contributed by atoms with Gasteiger partial charge < -0.3 is 9.47 Å². The molecular formula is C48H70Br2N2O2. The SMILES string of the molecule is CCCCCCCCCCCCCCOc1ccc(/C(Br)=C/c2ccc(/C=C(\Br)c3ccc(OCCCCCCCCCCCCCC)cc3)nn2)cc1. The van der Waals surface area contributed by atoms with E-state index in [9.17, 15) is 0 Å². The van der Waals surface area contributed by atoms with Gasteiger partial charge in [0.15, 0.2) is 0 Å². The molecule has 0 N–H and O–H groups in total. The minimum absolute atomic E-state index is 0.777. The van der Waals surface area contributed by atoms with E-state index in [-0.39, 0.29) is 0 Å². The van der Waals surface area contributed by atoms with Crippen LogP contribution in [0.15, 0.2) is 60.7 Å². The fourth-order valence-electron chi connectivity index (χ4n) is 6.62. The average Bonchev–Trinajstić information content (AvgIpc) is 3.19. The fourth-order valence-corrected chi connectivity index (χ4v) is 7.62. The quantitative estimate of drug-likeness (QED) is 0.0587. The predicted octanol–water partition coefficient (Wildman–Crippen LogP) is 16.4. The van der Waals surface area contributed by atoms with Crippen molar-refractivity contribution in [3.63, 3.8) is 0 Å². The first kappa shape index (κ1) is 45.9. The number of rotatable bonds is 32. The molecule has 3 rings (SSSR count). The van der Waals surface area contributed by atoms with Gasteiger partial charge >= 0.3 is 0 Å². The summed E-state index contributed by atoms with van der Waals surface area (Å²) in [6, 6.07) is 20.5. The molecule has 0 fully saturated rings. The summed E-state index contributed by atoms with van der Waals surface area (Å²) in [5.74, 6) is 1.83. The Morgan fingerprint density at radius 2 is 0.685 bits per heavy atom. The smallest absolute Gasteiger partial charge is 0.119 e. The van der Waals surface area contributed by atoms with Crippen molar-refractivity contribution in [1.82, 2.24) is 10.2 Å². The number of ether oxygens (including phenoxy) is 2. The first-order valence-corrected chi connectivity index (χ1v) is 23.2. The van der Waals surface area contributed by atoms with Gasteiger partial charge in [0.05, 0.1) is 24.6 Å². The van der Waals surface area contributed by atoms with Crippen molar-refractivity contribution in [2.75, 3.05) is 13.2 Å². The maximum atomic E-state index is 6.01. The van der Waals surface area contributed by atoms with Gasteiger partial charge in [0, 0.05) is 8.96 Å². The summed E-state index contributed by atoms with van der Waals surface area (Å²) in [5, 5.41) is 8.88. The summed E-state index contributed by atoms with van der Waals surface area (Å²) >= 11 is 7.45. The fraction of sp³-hybridized carbons (Fsp3) is 0.583. The molecule has 54 heavy (non-hydrogen) atoms. The summed E-state index contributed by atoms with van der Waals surface area (Å²) in [6.07, 6.45) is 36.4. The molecule has 0 saturated carbocycles. The van der Waals surface area contributed by atoms with Crippen LogP contribution in [-0.2, 0) is 0 Å². The first-order valence-electron chi connectivity index (χ1n) is 21.6. The summed E-state index contributed by atoms with van der Waals surface area (Å²) in [4.78, 5) is 0. The van der Waals surface area contributed by atoms with Crippen LogP contribution in [0.4, 0.5) is 0 Å². The highest BCUT2D eigenvalue weighted by Crippen LogP contribution is 2.28. The Labute approximate surface area is 346 Å². The third kappa shape index (κ3) is 21.6. The van der Waals surface area contributed by atoms with Gasteiger partial charge in [0.25, 0.3) is 0 Å². The normalized spacial score (nSPS) is 12.0. The molecule has 0 bridgehead atoms. The number of unbranched alkanes of at least 4 members (excludes halogenated alkanes) is 22. The van der Waals surface area contributed by atoms with Crippen molar-refractivity contribution >= 4 is 53.0 Å². The van der Waals surface area contributed by atoms with Gasteiger partial charge in [-0.2, -0.15) is 10.2 Å². The minimum Gasteiger partial charge on any atom is -0.494 e. The molecule has 4 nitrogen and oxygen atoms in total. The maximum absolute atomic E-state index is 6.01. The highest BCUT2D eigenvalue weighted by Gasteiger charge is 2.04.